The summed E-state index contributed by atoms with van der Waals surface area (Å²) in [6.07, 6.45) is -0.0323. The lowest BCUT2D eigenvalue weighted by atomic mass is 10.1. The first kappa shape index (κ1) is 17.9. The predicted octanol–water partition coefficient (Wildman–Crippen LogP) is 1.65. The van der Waals surface area contributed by atoms with Crippen LogP contribution in [-0.2, 0) is 4.74 Å². The van der Waals surface area contributed by atoms with Crippen LogP contribution in [0.15, 0.2) is 36.5 Å². The van der Waals surface area contributed by atoms with Crippen LogP contribution in [0.1, 0.15) is 10.4 Å². The third-order valence-electron chi connectivity index (χ3n) is 3.77. The van der Waals surface area contributed by atoms with Gasteiger partial charge in [0.15, 0.2) is 0 Å². The second kappa shape index (κ2) is 7.14. The van der Waals surface area contributed by atoms with Gasteiger partial charge >= 0.3 is 6.09 Å². The standard InChI is InChI=1S/C16H14ClFN4O4/c17-14-4-1-9(7-22(14)25)20-15(23)12-3-2-10(5-13(12)18)21-8-11(6-19)26-16(21)24/h1-5,7,11H,6,8,19H2,(H,20,23)/t11-/m0/s1. The molecule has 1 fully saturated rings. The van der Waals surface area contributed by atoms with E-state index in [4.69, 9.17) is 22.1 Å². The lowest BCUT2D eigenvalue weighted by Gasteiger charge is -2.14. The highest BCUT2D eigenvalue weighted by Crippen LogP contribution is 2.24. The summed E-state index contributed by atoms with van der Waals surface area (Å²) < 4.78 is 19.7. The molecule has 136 valence electrons. The van der Waals surface area contributed by atoms with Crippen molar-refractivity contribution in [3.8, 4) is 0 Å². The van der Waals surface area contributed by atoms with Crippen molar-refractivity contribution in [1.29, 1.82) is 0 Å². The Morgan fingerprint density at radius 2 is 2.23 bits per heavy atom. The fourth-order valence-corrected chi connectivity index (χ4v) is 2.56. The molecule has 1 saturated heterocycles. The molecule has 2 aromatic rings. The maximum atomic E-state index is 14.4. The Morgan fingerprint density at radius 1 is 1.46 bits per heavy atom. The van der Waals surface area contributed by atoms with E-state index in [1.165, 1.54) is 29.2 Å². The molecule has 10 heteroatoms. The van der Waals surface area contributed by atoms with Crippen LogP contribution in [0.5, 0.6) is 0 Å². The van der Waals surface area contributed by atoms with E-state index in [0.29, 0.717) is 4.73 Å². The van der Waals surface area contributed by atoms with Gasteiger partial charge in [-0.15, -0.1) is 0 Å². The molecule has 1 aliphatic rings. The quantitative estimate of drug-likeness (QED) is 0.476. The molecule has 0 saturated carbocycles. The van der Waals surface area contributed by atoms with Crippen molar-refractivity contribution in [3.63, 3.8) is 0 Å². The van der Waals surface area contributed by atoms with Gasteiger partial charge < -0.3 is 21.0 Å². The van der Waals surface area contributed by atoms with Crippen LogP contribution in [0.2, 0.25) is 5.15 Å². The zero-order valence-electron chi connectivity index (χ0n) is 13.3. The van der Waals surface area contributed by atoms with E-state index in [0.717, 1.165) is 12.3 Å². The number of nitrogens with two attached hydrogens (primary N) is 1. The van der Waals surface area contributed by atoms with Crippen LogP contribution in [0.25, 0.3) is 0 Å². The molecule has 0 aliphatic carbocycles. The summed E-state index contributed by atoms with van der Waals surface area (Å²) in [5.74, 6) is -1.58. The van der Waals surface area contributed by atoms with Gasteiger partial charge in [0.2, 0.25) is 6.20 Å². The average Bonchev–Trinajstić information content (AvgIpc) is 2.99. The number of hydrogen-bond acceptors (Lipinski definition) is 5. The number of hydrogen-bond donors (Lipinski definition) is 2. The van der Waals surface area contributed by atoms with Crippen molar-refractivity contribution in [3.05, 3.63) is 58.3 Å². The number of amides is 2. The molecule has 3 rings (SSSR count). The topological polar surface area (TPSA) is 112 Å². The Morgan fingerprint density at radius 3 is 2.85 bits per heavy atom. The summed E-state index contributed by atoms with van der Waals surface area (Å²) in [4.78, 5) is 25.2. The monoisotopic (exact) mass is 380 g/mol. The van der Waals surface area contributed by atoms with Gasteiger partial charge in [0.05, 0.1) is 17.8 Å². The molecule has 1 atom stereocenters. The Labute approximate surface area is 152 Å². The molecule has 0 radical (unpaired) electrons. The fourth-order valence-electron chi connectivity index (χ4n) is 2.45. The van der Waals surface area contributed by atoms with Gasteiger partial charge in [-0.2, -0.15) is 4.73 Å². The van der Waals surface area contributed by atoms with Gasteiger partial charge in [0, 0.05) is 12.6 Å². The number of carbonyl (C=O) groups excluding carboxylic acids is 2. The largest absolute Gasteiger partial charge is 0.618 e. The number of halogens is 2. The van der Waals surface area contributed by atoms with Gasteiger partial charge in [0.25, 0.3) is 11.1 Å². The molecule has 2 amide bonds. The van der Waals surface area contributed by atoms with Crippen molar-refractivity contribution in [2.75, 3.05) is 23.3 Å². The van der Waals surface area contributed by atoms with Crippen molar-refractivity contribution in [2.45, 2.75) is 6.10 Å². The van der Waals surface area contributed by atoms with Crippen LogP contribution < -0.4 is 20.7 Å². The highest BCUT2D eigenvalue weighted by Gasteiger charge is 2.32. The van der Waals surface area contributed by atoms with Crippen molar-refractivity contribution >= 4 is 35.0 Å². The molecular formula is C16H14ClFN4O4. The zero-order chi connectivity index (χ0) is 18.8. The van der Waals surface area contributed by atoms with Crippen LogP contribution in [0, 0.1) is 11.0 Å². The van der Waals surface area contributed by atoms with Gasteiger partial charge in [0.1, 0.15) is 17.6 Å². The van der Waals surface area contributed by atoms with E-state index >= 15 is 0 Å². The van der Waals surface area contributed by atoms with Crippen LogP contribution in [-0.4, -0.2) is 31.2 Å². The van der Waals surface area contributed by atoms with E-state index in [9.17, 15) is 19.2 Å². The minimum atomic E-state index is -0.826. The zero-order valence-corrected chi connectivity index (χ0v) is 14.1. The second-order valence-corrected chi connectivity index (χ2v) is 5.92. The predicted molar refractivity (Wildman–Crippen MR) is 91.4 cm³/mol. The van der Waals surface area contributed by atoms with E-state index in [2.05, 4.69) is 5.32 Å². The minimum Gasteiger partial charge on any atom is -0.618 e. The van der Waals surface area contributed by atoms with Crippen molar-refractivity contribution in [1.82, 2.24) is 0 Å². The first-order chi connectivity index (χ1) is 12.4. The van der Waals surface area contributed by atoms with Gasteiger partial charge in [-0.25, -0.2) is 9.18 Å². The normalized spacial score (nSPS) is 16.5. The molecule has 2 heterocycles. The molecule has 0 spiro atoms. The average molecular weight is 381 g/mol. The summed E-state index contributed by atoms with van der Waals surface area (Å²) in [5, 5.41) is 13.7. The number of cyclic esters (lactones) is 1. The summed E-state index contributed by atoms with van der Waals surface area (Å²) in [6, 6.07) is 6.44. The summed E-state index contributed by atoms with van der Waals surface area (Å²) >= 11 is 5.60. The first-order valence-corrected chi connectivity index (χ1v) is 7.94. The molecule has 8 nitrogen and oxygen atoms in total. The number of ether oxygens (including phenoxy) is 1. The lowest BCUT2D eigenvalue weighted by molar-refractivity contribution is -0.602. The number of carbonyl (C=O) groups is 2. The summed E-state index contributed by atoms with van der Waals surface area (Å²) in [6.45, 7) is 0.362. The highest BCUT2D eigenvalue weighted by atomic mass is 35.5. The van der Waals surface area contributed by atoms with Crippen LogP contribution in [0.4, 0.5) is 20.6 Å². The van der Waals surface area contributed by atoms with E-state index in [1.54, 1.807) is 0 Å². The number of aromatic nitrogens is 1. The minimum absolute atomic E-state index is 0.0631. The Bertz CT molecular complexity index is 879. The molecule has 3 N–H and O–H groups in total. The third kappa shape index (κ3) is 3.53. The Balaban J connectivity index is 1.78. The Kier molecular flexibility index (Phi) is 4.92. The van der Waals surface area contributed by atoms with E-state index < -0.39 is 23.9 Å². The number of rotatable bonds is 4. The van der Waals surface area contributed by atoms with Gasteiger partial charge in [-0.05, 0) is 35.9 Å². The van der Waals surface area contributed by atoms with E-state index in [-0.39, 0.29) is 35.2 Å². The molecular weight excluding hydrogens is 367 g/mol. The highest BCUT2D eigenvalue weighted by molar-refractivity contribution is 6.28. The van der Waals surface area contributed by atoms with Crippen LogP contribution in [0.3, 0.4) is 0 Å². The molecule has 26 heavy (non-hydrogen) atoms. The maximum absolute atomic E-state index is 14.4. The van der Waals surface area contributed by atoms with Crippen molar-refractivity contribution in [2.24, 2.45) is 5.73 Å². The molecule has 1 aromatic carbocycles. The summed E-state index contributed by atoms with van der Waals surface area (Å²) in [5.41, 5.74) is 5.63. The van der Waals surface area contributed by atoms with Crippen molar-refractivity contribution < 1.29 is 23.4 Å². The first-order valence-electron chi connectivity index (χ1n) is 7.57. The van der Waals surface area contributed by atoms with Crippen LogP contribution >= 0.6 is 11.6 Å². The number of anilines is 2. The molecule has 0 bridgehead atoms. The Hall–Kier alpha value is -2.91. The number of nitrogens with one attached hydrogen (secondary N) is 1. The third-order valence-corrected chi connectivity index (χ3v) is 4.06. The van der Waals surface area contributed by atoms with Gasteiger partial charge in [-0.3, -0.25) is 9.69 Å². The lowest BCUT2D eigenvalue weighted by Crippen LogP contribution is -2.28. The maximum Gasteiger partial charge on any atom is 0.414 e. The summed E-state index contributed by atoms with van der Waals surface area (Å²) in [7, 11) is 0. The molecule has 1 aliphatic heterocycles. The fraction of sp³-hybridized carbons (Fsp3) is 0.188. The van der Waals surface area contributed by atoms with E-state index in [1.807, 2.05) is 0 Å². The number of benzene rings is 1. The number of nitrogens with zero attached hydrogens (tertiary/aromatic N) is 2. The van der Waals surface area contributed by atoms with Gasteiger partial charge in [-0.1, -0.05) is 0 Å². The number of pyridine rings is 1. The molecule has 1 aromatic heterocycles. The second-order valence-electron chi connectivity index (χ2n) is 5.54. The smallest absolute Gasteiger partial charge is 0.414 e. The molecule has 0 unspecified atom stereocenters. The SMILES string of the molecule is NC[C@H]1CN(c2ccc(C(=O)Nc3ccc(Cl)[n+]([O-])c3)c(F)c2)C(=O)O1.